The van der Waals surface area contributed by atoms with Gasteiger partial charge in [-0.25, -0.2) is 0 Å². The van der Waals surface area contributed by atoms with Gasteiger partial charge in [-0.2, -0.15) is 0 Å². The van der Waals surface area contributed by atoms with Crippen molar-refractivity contribution in [1.82, 2.24) is 14.8 Å². The molecule has 0 radical (unpaired) electrons. The summed E-state index contributed by atoms with van der Waals surface area (Å²) >= 11 is 0. The number of carbonyl (C=O) groups is 2. The van der Waals surface area contributed by atoms with E-state index in [9.17, 15) is 9.59 Å². The minimum Gasteiger partial charge on any atom is -0.375 e. The third kappa shape index (κ3) is 4.29. The van der Waals surface area contributed by atoms with Gasteiger partial charge in [0, 0.05) is 49.2 Å². The summed E-state index contributed by atoms with van der Waals surface area (Å²) in [6.07, 6.45) is 7.22. The first-order valence-electron chi connectivity index (χ1n) is 11.8. The van der Waals surface area contributed by atoms with E-state index < -0.39 is 0 Å². The number of likely N-dealkylation sites (tertiary alicyclic amines) is 1. The minimum atomic E-state index is -0.241. The molecule has 3 aliphatic rings. The van der Waals surface area contributed by atoms with Crippen molar-refractivity contribution in [2.75, 3.05) is 19.7 Å². The zero-order chi connectivity index (χ0) is 22.1. The van der Waals surface area contributed by atoms with Crippen LogP contribution in [0.1, 0.15) is 64.9 Å². The number of piperidine rings is 1. The van der Waals surface area contributed by atoms with Gasteiger partial charge in [-0.3, -0.25) is 14.6 Å². The fourth-order valence-corrected chi connectivity index (χ4v) is 5.19. The first-order valence-corrected chi connectivity index (χ1v) is 11.8. The first-order chi connectivity index (χ1) is 15.5. The number of pyridine rings is 1. The van der Waals surface area contributed by atoms with Gasteiger partial charge in [-0.1, -0.05) is 18.2 Å². The molecule has 0 bridgehead atoms. The van der Waals surface area contributed by atoms with Crippen LogP contribution in [0.2, 0.25) is 0 Å². The Labute approximate surface area is 189 Å². The summed E-state index contributed by atoms with van der Waals surface area (Å²) in [5.74, 6) is 0.188. The van der Waals surface area contributed by atoms with Crippen molar-refractivity contribution in [1.29, 1.82) is 0 Å². The molecule has 2 aliphatic heterocycles. The molecule has 6 nitrogen and oxygen atoms in total. The largest absolute Gasteiger partial charge is 0.375 e. The number of hydrogen-bond acceptors (Lipinski definition) is 4. The van der Waals surface area contributed by atoms with Crippen molar-refractivity contribution in [3.63, 3.8) is 0 Å². The normalized spacial score (nSPS) is 22.5. The monoisotopic (exact) mass is 433 g/mol. The molecule has 1 saturated carbocycles. The van der Waals surface area contributed by atoms with Crippen molar-refractivity contribution in [2.24, 2.45) is 0 Å². The highest BCUT2D eigenvalue weighted by atomic mass is 16.5. The van der Waals surface area contributed by atoms with E-state index >= 15 is 0 Å². The molecule has 1 aromatic heterocycles. The van der Waals surface area contributed by atoms with Gasteiger partial charge in [0.1, 0.15) is 0 Å². The summed E-state index contributed by atoms with van der Waals surface area (Å²) in [6.45, 7) is 3.94. The summed E-state index contributed by atoms with van der Waals surface area (Å²) in [7, 11) is 0. The summed E-state index contributed by atoms with van der Waals surface area (Å²) in [5, 5.41) is 0. The number of aryl methyl sites for hydroxylation is 1. The van der Waals surface area contributed by atoms with Gasteiger partial charge in [-0.15, -0.1) is 0 Å². The van der Waals surface area contributed by atoms with E-state index in [1.165, 1.54) is 0 Å². The molecule has 32 heavy (non-hydrogen) atoms. The maximum Gasteiger partial charge on any atom is 0.255 e. The second-order valence-electron chi connectivity index (χ2n) is 9.47. The van der Waals surface area contributed by atoms with Gasteiger partial charge < -0.3 is 14.5 Å². The maximum absolute atomic E-state index is 13.3. The highest BCUT2D eigenvalue weighted by Gasteiger charge is 2.46. The number of rotatable bonds is 4. The fourth-order valence-electron chi connectivity index (χ4n) is 5.19. The lowest BCUT2D eigenvalue weighted by molar-refractivity contribution is -0.126. The molecule has 168 valence electrons. The molecule has 5 rings (SSSR count). The van der Waals surface area contributed by atoms with Crippen molar-refractivity contribution in [3.8, 4) is 0 Å². The van der Waals surface area contributed by atoms with Crippen molar-refractivity contribution < 1.29 is 14.3 Å². The second kappa shape index (κ2) is 8.66. The Kier molecular flexibility index (Phi) is 5.72. The van der Waals surface area contributed by atoms with Crippen LogP contribution in [0.3, 0.4) is 0 Å². The zero-order valence-corrected chi connectivity index (χ0v) is 18.7. The van der Waals surface area contributed by atoms with E-state index in [0.717, 1.165) is 49.8 Å². The van der Waals surface area contributed by atoms with Gasteiger partial charge in [-0.05, 0) is 69.7 Å². The molecule has 1 unspecified atom stereocenters. The van der Waals surface area contributed by atoms with E-state index in [-0.39, 0.29) is 23.5 Å². The molecule has 1 spiro atoms. The standard InChI is InChI=1S/C26H31N3O3/c1-19-7-8-21(18-27-19)24(30)28-14-12-26(13-15-28)17-23(11-16-32-26)29(22-9-10-22)25(31)20-5-3-2-4-6-20/h2-8,18,22-23H,9-17H2,1H3. The van der Waals surface area contributed by atoms with E-state index in [0.29, 0.717) is 31.3 Å². The number of ether oxygens (including phenoxy) is 1. The Morgan fingerprint density at radius 2 is 1.75 bits per heavy atom. The summed E-state index contributed by atoms with van der Waals surface area (Å²) < 4.78 is 6.33. The Hall–Kier alpha value is -2.73. The molecule has 2 amide bonds. The van der Waals surface area contributed by atoms with Crippen LogP contribution < -0.4 is 0 Å². The number of nitrogens with zero attached hydrogens (tertiary/aromatic N) is 3. The summed E-state index contributed by atoms with van der Waals surface area (Å²) in [4.78, 5) is 34.6. The molecular weight excluding hydrogens is 402 g/mol. The number of aromatic nitrogens is 1. The van der Waals surface area contributed by atoms with Gasteiger partial charge in [0.05, 0.1) is 11.2 Å². The van der Waals surface area contributed by atoms with Crippen LogP contribution in [-0.4, -0.2) is 64.0 Å². The van der Waals surface area contributed by atoms with Gasteiger partial charge in [0.2, 0.25) is 0 Å². The first kappa shape index (κ1) is 21.1. The van der Waals surface area contributed by atoms with Crippen molar-refractivity contribution in [3.05, 3.63) is 65.5 Å². The molecule has 3 heterocycles. The van der Waals surface area contributed by atoms with Gasteiger partial charge in [0.15, 0.2) is 0 Å². The quantitative estimate of drug-likeness (QED) is 0.735. The lowest BCUT2D eigenvalue weighted by Gasteiger charge is -2.48. The Balaban J connectivity index is 1.26. The summed E-state index contributed by atoms with van der Waals surface area (Å²) in [5.41, 5.74) is 2.08. The average molecular weight is 434 g/mol. The van der Waals surface area contributed by atoms with E-state index in [1.807, 2.05) is 54.3 Å². The van der Waals surface area contributed by atoms with Crippen molar-refractivity contribution >= 4 is 11.8 Å². The zero-order valence-electron chi connectivity index (χ0n) is 18.7. The molecule has 2 aromatic rings. The summed E-state index contributed by atoms with van der Waals surface area (Å²) in [6, 6.07) is 13.9. The predicted molar refractivity (Wildman–Crippen MR) is 121 cm³/mol. The smallest absolute Gasteiger partial charge is 0.255 e. The Morgan fingerprint density at radius 1 is 1.00 bits per heavy atom. The van der Waals surface area contributed by atoms with Gasteiger partial charge >= 0.3 is 0 Å². The second-order valence-corrected chi connectivity index (χ2v) is 9.47. The lowest BCUT2D eigenvalue weighted by atomic mass is 9.81. The molecule has 6 heteroatoms. The van der Waals surface area contributed by atoms with Crippen molar-refractivity contribution in [2.45, 2.75) is 63.1 Å². The SMILES string of the molecule is Cc1ccc(C(=O)N2CCC3(CC2)CC(N(C(=O)c2ccccc2)C2CC2)CCO3)cn1. The Morgan fingerprint density at radius 3 is 2.41 bits per heavy atom. The molecule has 3 fully saturated rings. The Bertz CT molecular complexity index is 964. The van der Waals surface area contributed by atoms with Crippen LogP contribution in [0, 0.1) is 6.92 Å². The predicted octanol–water partition coefficient (Wildman–Crippen LogP) is 3.85. The van der Waals surface area contributed by atoms with Crippen LogP contribution in [0.5, 0.6) is 0 Å². The van der Waals surface area contributed by atoms with Crippen LogP contribution in [-0.2, 0) is 4.74 Å². The van der Waals surface area contributed by atoms with E-state index in [1.54, 1.807) is 6.20 Å². The minimum absolute atomic E-state index is 0.0403. The topological polar surface area (TPSA) is 62.7 Å². The van der Waals surface area contributed by atoms with E-state index in [2.05, 4.69) is 9.88 Å². The molecule has 2 saturated heterocycles. The van der Waals surface area contributed by atoms with E-state index in [4.69, 9.17) is 4.74 Å². The fraction of sp³-hybridized carbons (Fsp3) is 0.500. The van der Waals surface area contributed by atoms with Crippen LogP contribution in [0.4, 0.5) is 0 Å². The number of hydrogen-bond donors (Lipinski definition) is 0. The molecule has 0 N–H and O–H groups in total. The molecular formula is C26H31N3O3. The third-order valence-corrected chi connectivity index (χ3v) is 7.18. The lowest BCUT2D eigenvalue weighted by Crippen LogP contribution is -2.55. The number of carbonyl (C=O) groups excluding carboxylic acids is 2. The number of amides is 2. The number of benzene rings is 1. The molecule has 1 aromatic carbocycles. The third-order valence-electron chi connectivity index (χ3n) is 7.18. The molecule has 1 atom stereocenters. The van der Waals surface area contributed by atoms with Crippen LogP contribution in [0.15, 0.2) is 48.7 Å². The van der Waals surface area contributed by atoms with Gasteiger partial charge in [0.25, 0.3) is 11.8 Å². The average Bonchev–Trinajstić information content (AvgIpc) is 3.66. The molecule has 1 aliphatic carbocycles. The maximum atomic E-state index is 13.3. The van der Waals surface area contributed by atoms with Crippen LogP contribution >= 0.6 is 0 Å². The van der Waals surface area contributed by atoms with Crippen LogP contribution in [0.25, 0.3) is 0 Å². The highest BCUT2D eigenvalue weighted by molar-refractivity contribution is 5.95. The highest BCUT2D eigenvalue weighted by Crippen LogP contribution is 2.40.